The first-order valence-corrected chi connectivity index (χ1v) is 5.20. The van der Waals surface area contributed by atoms with E-state index >= 15 is 0 Å². The maximum atomic E-state index is 11.5. The summed E-state index contributed by atoms with van der Waals surface area (Å²) in [5.74, 6) is -1.78. The Labute approximate surface area is 97.7 Å². The third-order valence-electron chi connectivity index (χ3n) is 2.32. The smallest absolute Gasteiger partial charge is 0.306 e. The van der Waals surface area contributed by atoms with E-state index in [-0.39, 0.29) is 23.6 Å². The van der Waals surface area contributed by atoms with Crippen molar-refractivity contribution in [2.24, 2.45) is 5.92 Å². The number of carbonyl (C=O) groups excluding carboxylic acids is 1. The standard InChI is InChI=1S/C11H14N2O4/c1-7(11(16)17)2-4-13-10(15)8-3-5-12-9(14)6-8/h3,5-7H,2,4H2,1H3,(H,12,14)(H,13,15)(H,16,17). The van der Waals surface area contributed by atoms with Crippen molar-refractivity contribution in [2.75, 3.05) is 6.54 Å². The van der Waals surface area contributed by atoms with Gasteiger partial charge in [-0.1, -0.05) is 6.92 Å². The summed E-state index contributed by atoms with van der Waals surface area (Å²) in [6.45, 7) is 1.83. The number of carboxylic acid groups (broad SMARTS) is 1. The number of aromatic amines is 1. The second kappa shape index (κ2) is 5.83. The number of carboxylic acids is 1. The van der Waals surface area contributed by atoms with Gasteiger partial charge in [-0.2, -0.15) is 0 Å². The van der Waals surface area contributed by atoms with E-state index in [1.807, 2.05) is 0 Å². The molecule has 1 heterocycles. The summed E-state index contributed by atoms with van der Waals surface area (Å²) in [4.78, 5) is 35.4. The lowest BCUT2D eigenvalue weighted by molar-refractivity contribution is -0.141. The van der Waals surface area contributed by atoms with Crippen LogP contribution in [0.2, 0.25) is 0 Å². The summed E-state index contributed by atoms with van der Waals surface area (Å²) < 4.78 is 0. The van der Waals surface area contributed by atoms with Crippen LogP contribution >= 0.6 is 0 Å². The molecule has 6 nitrogen and oxygen atoms in total. The van der Waals surface area contributed by atoms with Gasteiger partial charge >= 0.3 is 5.97 Å². The molecule has 0 radical (unpaired) electrons. The highest BCUT2D eigenvalue weighted by atomic mass is 16.4. The fourth-order valence-electron chi connectivity index (χ4n) is 1.21. The van der Waals surface area contributed by atoms with Crippen molar-refractivity contribution in [3.63, 3.8) is 0 Å². The quantitative estimate of drug-likeness (QED) is 0.683. The molecule has 0 spiro atoms. The minimum Gasteiger partial charge on any atom is -0.481 e. The first-order chi connectivity index (χ1) is 8.00. The van der Waals surface area contributed by atoms with Gasteiger partial charge in [0.25, 0.3) is 5.91 Å². The molecular formula is C11H14N2O4. The van der Waals surface area contributed by atoms with Crippen LogP contribution in [0.1, 0.15) is 23.7 Å². The Morgan fingerprint density at radius 2 is 2.24 bits per heavy atom. The van der Waals surface area contributed by atoms with Crippen LogP contribution in [0.3, 0.4) is 0 Å². The van der Waals surface area contributed by atoms with E-state index in [0.717, 1.165) is 0 Å². The topological polar surface area (TPSA) is 99.3 Å². The van der Waals surface area contributed by atoms with E-state index in [2.05, 4.69) is 10.3 Å². The lowest BCUT2D eigenvalue weighted by Crippen LogP contribution is -2.27. The van der Waals surface area contributed by atoms with Crippen molar-refractivity contribution in [1.29, 1.82) is 0 Å². The Morgan fingerprint density at radius 1 is 1.53 bits per heavy atom. The zero-order valence-electron chi connectivity index (χ0n) is 9.40. The third-order valence-corrected chi connectivity index (χ3v) is 2.32. The Morgan fingerprint density at radius 3 is 2.82 bits per heavy atom. The number of rotatable bonds is 5. The molecule has 1 unspecified atom stereocenters. The van der Waals surface area contributed by atoms with Crippen LogP contribution in [0.15, 0.2) is 23.1 Å². The molecule has 0 bridgehead atoms. The maximum absolute atomic E-state index is 11.5. The Hall–Kier alpha value is -2.11. The molecule has 1 aromatic rings. The molecule has 0 fully saturated rings. The van der Waals surface area contributed by atoms with Gasteiger partial charge in [-0.25, -0.2) is 0 Å². The molecular weight excluding hydrogens is 224 g/mol. The number of aromatic nitrogens is 1. The fourth-order valence-corrected chi connectivity index (χ4v) is 1.21. The molecule has 1 atom stereocenters. The summed E-state index contributed by atoms with van der Waals surface area (Å²) >= 11 is 0. The highest BCUT2D eigenvalue weighted by Crippen LogP contribution is 2.00. The van der Waals surface area contributed by atoms with Crippen LogP contribution in [-0.4, -0.2) is 28.5 Å². The van der Waals surface area contributed by atoms with Crippen molar-refractivity contribution >= 4 is 11.9 Å². The highest BCUT2D eigenvalue weighted by Gasteiger charge is 2.11. The van der Waals surface area contributed by atoms with E-state index < -0.39 is 11.9 Å². The summed E-state index contributed by atoms with van der Waals surface area (Å²) in [6, 6.07) is 2.67. The first-order valence-electron chi connectivity index (χ1n) is 5.20. The summed E-state index contributed by atoms with van der Waals surface area (Å²) in [5, 5.41) is 11.2. The second-order valence-corrected chi connectivity index (χ2v) is 3.73. The zero-order valence-corrected chi connectivity index (χ0v) is 9.40. The van der Waals surface area contributed by atoms with Gasteiger partial charge in [0, 0.05) is 24.4 Å². The zero-order chi connectivity index (χ0) is 12.8. The van der Waals surface area contributed by atoms with Gasteiger partial charge < -0.3 is 15.4 Å². The van der Waals surface area contributed by atoms with E-state index in [1.165, 1.54) is 18.3 Å². The largest absolute Gasteiger partial charge is 0.481 e. The minimum absolute atomic E-state index is 0.261. The van der Waals surface area contributed by atoms with Gasteiger partial charge in [-0.15, -0.1) is 0 Å². The van der Waals surface area contributed by atoms with Crippen LogP contribution in [0.4, 0.5) is 0 Å². The highest BCUT2D eigenvalue weighted by molar-refractivity contribution is 5.93. The predicted octanol–water partition coefficient (Wildman–Crippen LogP) is 0.215. The van der Waals surface area contributed by atoms with Crippen LogP contribution in [-0.2, 0) is 4.79 Å². The molecule has 1 aromatic heterocycles. The average Bonchev–Trinajstić information content (AvgIpc) is 2.28. The summed E-state index contributed by atoms with van der Waals surface area (Å²) in [5.41, 5.74) is -0.0896. The molecule has 0 saturated heterocycles. The number of pyridine rings is 1. The molecule has 0 aliphatic rings. The molecule has 3 N–H and O–H groups in total. The number of hydrogen-bond acceptors (Lipinski definition) is 3. The van der Waals surface area contributed by atoms with E-state index in [4.69, 9.17) is 5.11 Å². The monoisotopic (exact) mass is 238 g/mol. The number of hydrogen-bond donors (Lipinski definition) is 3. The third kappa shape index (κ3) is 4.10. The Balaban J connectivity index is 2.46. The predicted molar refractivity (Wildman–Crippen MR) is 60.8 cm³/mol. The van der Waals surface area contributed by atoms with Crippen molar-refractivity contribution < 1.29 is 14.7 Å². The molecule has 0 aliphatic carbocycles. The molecule has 92 valence electrons. The van der Waals surface area contributed by atoms with Crippen LogP contribution < -0.4 is 10.9 Å². The van der Waals surface area contributed by atoms with Crippen molar-refractivity contribution in [2.45, 2.75) is 13.3 Å². The molecule has 0 saturated carbocycles. The van der Waals surface area contributed by atoms with Crippen molar-refractivity contribution in [1.82, 2.24) is 10.3 Å². The van der Waals surface area contributed by atoms with Crippen LogP contribution in [0.25, 0.3) is 0 Å². The normalized spacial score (nSPS) is 11.8. The Kier molecular flexibility index (Phi) is 4.45. The van der Waals surface area contributed by atoms with Crippen LogP contribution in [0, 0.1) is 5.92 Å². The molecule has 1 rings (SSSR count). The average molecular weight is 238 g/mol. The van der Waals surface area contributed by atoms with Gasteiger partial charge in [0.2, 0.25) is 5.56 Å². The number of aliphatic carboxylic acids is 1. The fraction of sp³-hybridized carbons (Fsp3) is 0.364. The second-order valence-electron chi connectivity index (χ2n) is 3.73. The summed E-state index contributed by atoms with van der Waals surface area (Å²) in [7, 11) is 0. The summed E-state index contributed by atoms with van der Waals surface area (Å²) in [6.07, 6.45) is 1.74. The molecule has 6 heteroatoms. The molecule has 0 aromatic carbocycles. The maximum Gasteiger partial charge on any atom is 0.306 e. The number of nitrogens with one attached hydrogen (secondary N) is 2. The van der Waals surface area contributed by atoms with Crippen LogP contribution in [0.5, 0.6) is 0 Å². The number of amides is 1. The Bertz CT molecular complexity index is 467. The van der Waals surface area contributed by atoms with E-state index in [0.29, 0.717) is 6.42 Å². The minimum atomic E-state index is -0.893. The van der Waals surface area contributed by atoms with Crippen molar-refractivity contribution in [3.8, 4) is 0 Å². The van der Waals surface area contributed by atoms with Gasteiger partial charge in [0.1, 0.15) is 0 Å². The van der Waals surface area contributed by atoms with Gasteiger partial charge in [-0.3, -0.25) is 14.4 Å². The SMILES string of the molecule is CC(CCNC(=O)c1cc[nH]c(=O)c1)C(=O)O. The van der Waals surface area contributed by atoms with Gasteiger partial charge in [0.05, 0.1) is 5.92 Å². The van der Waals surface area contributed by atoms with Gasteiger partial charge in [0.15, 0.2) is 0 Å². The lowest BCUT2D eigenvalue weighted by Gasteiger charge is -2.07. The van der Waals surface area contributed by atoms with Crippen molar-refractivity contribution in [3.05, 3.63) is 34.2 Å². The number of carbonyl (C=O) groups is 2. The van der Waals surface area contributed by atoms with E-state index in [9.17, 15) is 14.4 Å². The van der Waals surface area contributed by atoms with Gasteiger partial charge in [-0.05, 0) is 12.5 Å². The molecule has 1 amide bonds. The molecule has 0 aliphatic heterocycles. The number of H-pyrrole nitrogens is 1. The molecule has 17 heavy (non-hydrogen) atoms. The van der Waals surface area contributed by atoms with E-state index in [1.54, 1.807) is 6.92 Å². The first kappa shape index (κ1) is 13.0. The lowest BCUT2D eigenvalue weighted by atomic mass is 10.1.